The van der Waals surface area contributed by atoms with E-state index in [0.717, 1.165) is 30.9 Å². The minimum atomic E-state index is -3.22. The molecule has 102 valence electrons. The first-order valence-electron chi connectivity index (χ1n) is 6.17. The first kappa shape index (κ1) is 13.9. The van der Waals surface area contributed by atoms with Crippen LogP contribution in [-0.2, 0) is 10.0 Å². The maximum Gasteiger partial charge on any atom is 0.212 e. The number of nitrogens with one attached hydrogen (secondary N) is 2. The number of nitrogens with zero attached hydrogens (tertiary/aromatic N) is 1. The van der Waals surface area contributed by atoms with Gasteiger partial charge in [-0.05, 0) is 38.8 Å². The van der Waals surface area contributed by atoms with Gasteiger partial charge in [-0.15, -0.1) is 11.3 Å². The molecule has 0 aromatic carbocycles. The summed E-state index contributed by atoms with van der Waals surface area (Å²) in [7, 11) is -3.22. The summed E-state index contributed by atoms with van der Waals surface area (Å²) in [6, 6.07) is -0.239. The lowest BCUT2D eigenvalue weighted by molar-refractivity contribution is 0.399. The van der Waals surface area contributed by atoms with E-state index in [1.165, 1.54) is 11.3 Å². The average Bonchev–Trinajstić information content (AvgIpc) is 2.82. The van der Waals surface area contributed by atoms with Crippen molar-refractivity contribution in [2.24, 2.45) is 5.92 Å². The van der Waals surface area contributed by atoms with Gasteiger partial charge in [-0.3, -0.25) is 0 Å². The van der Waals surface area contributed by atoms with Crippen LogP contribution >= 0.6 is 11.3 Å². The lowest BCUT2D eigenvalue weighted by atomic mass is 10.0. The number of piperidine rings is 1. The molecule has 5 nitrogen and oxygen atoms in total. The van der Waals surface area contributed by atoms with Crippen LogP contribution < -0.4 is 10.0 Å². The standard InChI is InChI=1S/C11H19N3O2S2/c1-9(11-13-6-7-17-11)14-18(15,16)8-10-2-4-12-5-3-10/h6-7,9-10,12,14H,2-5,8H2,1H3. The highest BCUT2D eigenvalue weighted by atomic mass is 32.2. The van der Waals surface area contributed by atoms with Gasteiger partial charge in [0, 0.05) is 11.6 Å². The van der Waals surface area contributed by atoms with Gasteiger partial charge in [0.15, 0.2) is 0 Å². The summed E-state index contributed by atoms with van der Waals surface area (Å²) >= 11 is 1.47. The summed E-state index contributed by atoms with van der Waals surface area (Å²) in [6.07, 6.45) is 3.57. The van der Waals surface area contributed by atoms with Crippen molar-refractivity contribution in [2.75, 3.05) is 18.8 Å². The number of thiazole rings is 1. The van der Waals surface area contributed by atoms with Crippen molar-refractivity contribution >= 4 is 21.4 Å². The molecule has 0 amide bonds. The van der Waals surface area contributed by atoms with Crippen LogP contribution in [0.15, 0.2) is 11.6 Å². The van der Waals surface area contributed by atoms with E-state index in [2.05, 4.69) is 15.0 Å². The van der Waals surface area contributed by atoms with Crippen molar-refractivity contribution in [1.29, 1.82) is 0 Å². The Morgan fingerprint density at radius 1 is 1.56 bits per heavy atom. The van der Waals surface area contributed by atoms with E-state index >= 15 is 0 Å². The lowest BCUT2D eigenvalue weighted by Gasteiger charge is -2.23. The van der Waals surface area contributed by atoms with Gasteiger partial charge >= 0.3 is 0 Å². The normalized spacial score (nSPS) is 19.8. The quantitative estimate of drug-likeness (QED) is 0.852. The summed E-state index contributed by atoms with van der Waals surface area (Å²) in [5, 5.41) is 5.90. The van der Waals surface area contributed by atoms with Crippen molar-refractivity contribution in [1.82, 2.24) is 15.0 Å². The van der Waals surface area contributed by atoms with Crippen LogP contribution in [0.4, 0.5) is 0 Å². The Morgan fingerprint density at radius 2 is 2.28 bits per heavy atom. The highest BCUT2D eigenvalue weighted by Crippen LogP contribution is 2.18. The van der Waals surface area contributed by atoms with Crippen molar-refractivity contribution in [3.05, 3.63) is 16.6 Å². The molecule has 0 aliphatic carbocycles. The molecule has 0 saturated carbocycles. The van der Waals surface area contributed by atoms with Crippen molar-refractivity contribution in [3.63, 3.8) is 0 Å². The van der Waals surface area contributed by atoms with Gasteiger partial charge in [-0.2, -0.15) is 0 Å². The van der Waals surface area contributed by atoms with Crippen LogP contribution in [0.3, 0.4) is 0 Å². The van der Waals surface area contributed by atoms with Crippen LogP contribution in [0.25, 0.3) is 0 Å². The van der Waals surface area contributed by atoms with Crippen LogP contribution in [0, 0.1) is 5.92 Å². The Kier molecular flexibility index (Phi) is 4.71. The summed E-state index contributed by atoms with van der Waals surface area (Å²) in [6.45, 7) is 3.67. The molecule has 1 aliphatic rings. The Hall–Kier alpha value is -0.500. The second kappa shape index (κ2) is 6.10. The number of aromatic nitrogens is 1. The second-order valence-corrected chi connectivity index (χ2v) is 7.41. The van der Waals surface area contributed by atoms with E-state index in [-0.39, 0.29) is 17.7 Å². The smallest absolute Gasteiger partial charge is 0.212 e. The fourth-order valence-electron chi connectivity index (χ4n) is 2.17. The minimum absolute atomic E-state index is 0.227. The minimum Gasteiger partial charge on any atom is -0.317 e. The van der Waals surface area contributed by atoms with Crippen molar-refractivity contribution < 1.29 is 8.42 Å². The van der Waals surface area contributed by atoms with E-state index in [9.17, 15) is 8.42 Å². The summed E-state index contributed by atoms with van der Waals surface area (Å²) < 4.78 is 26.8. The molecule has 1 aromatic heterocycles. The van der Waals surface area contributed by atoms with Gasteiger partial charge in [-0.1, -0.05) is 0 Å². The Bertz CT molecular complexity index is 453. The summed E-state index contributed by atoms with van der Waals surface area (Å²) in [5.74, 6) is 0.497. The third-order valence-electron chi connectivity index (χ3n) is 3.09. The molecule has 0 spiro atoms. The van der Waals surface area contributed by atoms with Gasteiger partial charge in [0.1, 0.15) is 5.01 Å². The Labute approximate surface area is 112 Å². The third-order valence-corrected chi connectivity index (χ3v) is 5.67. The van der Waals surface area contributed by atoms with Crippen molar-refractivity contribution in [2.45, 2.75) is 25.8 Å². The van der Waals surface area contributed by atoms with E-state index in [1.54, 1.807) is 6.20 Å². The van der Waals surface area contributed by atoms with Crippen LogP contribution in [0.2, 0.25) is 0 Å². The molecule has 1 aliphatic heterocycles. The van der Waals surface area contributed by atoms with E-state index in [4.69, 9.17) is 0 Å². The first-order chi connectivity index (χ1) is 8.57. The fraction of sp³-hybridized carbons (Fsp3) is 0.727. The molecule has 1 unspecified atom stereocenters. The molecule has 0 radical (unpaired) electrons. The van der Waals surface area contributed by atoms with Crippen LogP contribution in [0.1, 0.15) is 30.8 Å². The largest absolute Gasteiger partial charge is 0.317 e. The second-order valence-electron chi connectivity index (χ2n) is 4.68. The first-order valence-corrected chi connectivity index (χ1v) is 8.70. The highest BCUT2D eigenvalue weighted by molar-refractivity contribution is 7.89. The van der Waals surface area contributed by atoms with Crippen LogP contribution in [-0.4, -0.2) is 32.2 Å². The molecule has 1 fully saturated rings. The zero-order chi connectivity index (χ0) is 13.0. The zero-order valence-corrected chi connectivity index (χ0v) is 12.1. The van der Waals surface area contributed by atoms with Gasteiger partial charge in [0.25, 0.3) is 0 Å². The molecule has 1 saturated heterocycles. The molecule has 1 atom stereocenters. The van der Waals surface area contributed by atoms with Gasteiger partial charge < -0.3 is 5.32 Å². The maximum atomic E-state index is 12.0. The summed E-state index contributed by atoms with van der Waals surface area (Å²) in [5.41, 5.74) is 0. The monoisotopic (exact) mass is 289 g/mol. The zero-order valence-electron chi connectivity index (χ0n) is 10.4. The highest BCUT2D eigenvalue weighted by Gasteiger charge is 2.23. The molecular formula is C11H19N3O2S2. The number of hydrogen-bond acceptors (Lipinski definition) is 5. The maximum absolute atomic E-state index is 12.0. The topological polar surface area (TPSA) is 71.1 Å². The van der Waals surface area contributed by atoms with Gasteiger partial charge in [0.2, 0.25) is 10.0 Å². The van der Waals surface area contributed by atoms with Gasteiger partial charge in [-0.25, -0.2) is 18.1 Å². The van der Waals surface area contributed by atoms with E-state index < -0.39 is 10.0 Å². The Balaban J connectivity index is 1.90. The van der Waals surface area contributed by atoms with Crippen LogP contribution in [0.5, 0.6) is 0 Å². The molecule has 2 rings (SSSR count). The third kappa shape index (κ3) is 4.01. The lowest BCUT2D eigenvalue weighted by Crippen LogP contribution is -2.36. The Morgan fingerprint density at radius 3 is 2.89 bits per heavy atom. The molecule has 2 heterocycles. The number of hydrogen-bond donors (Lipinski definition) is 2. The SMILES string of the molecule is CC(NS(=O)(=O)CC1CCNCC1)c1nccs1. The molecule has 7 heteroatoms. The molecule has 1 aromatic rings. The predicted molar refractivity (Wildman–Crippen MR) is 73.0 cm³/mol. The van der Waals surface area contributed by atoms with E-state index in [0.29, 0.717) is 0 Å². The molecule has 0 bridgehead atoms. The number of rotatable bonds is 5. The average molecular weight is 289 g/mol. The molecule has 2 N–H and O–H groups in total. The fourth-order valence-corrected chi connectivity index (χ4v) is 4.60. The molecule has 18 heavy (non-hydrogen) atoms. The van der Waals surface area contributed by atoms with Crippen molar-refractivity contribution in [3.8, 4) is 0 Å². The van der Waals surface area contributed by atoms with E-state index in [1.807, 2.05) is 12.3 Å². The summed E-state index contributed by atoms with van der Waals surface area (Å²) in [4.78, 5) is 4.13. The molecular weight excluding hydrogens is 270 g/mol. The van der Waals surface area contributed by atoms with Gasteiger partial charge in [0.05, 0.1) is 11.8 Å². The number of sulfonamides is 1. The predicted octanol–water partition coefficient (Wildman–Crippen LogP) is 1.12.